The second kappa shape index (κ2) is 6.66. The first-order valence-electron chi connectivity index (χ1n) is 6.50. The summed E-state index contributed by atoms with van der Waals surface area (Å²) >= 11 is 0. The summed E-state index contributed by atoms with van der Waals surface area (Å²) in [6.07, 6.45) is 0.297. The average Bonchev–Trinajstić information content (AvgIpc) is 2.46. The first-order valence-corrected chi connectivity index (χ1v) is 6.50. The molecule has 0 aliphatic heterocycles. The lowest BCUT2D eigenvalue weighted by molar-refractivity contribution is -0.140. The van der Waals surface area contributed by atoms with Gasteiger partial charge in [0.25, 0.3) is 0 Å². The third kappa shape index (κ3) is 3.79. The molecule has 3 heteroatoms. The van der Waals surface area contributed by atoms with Gasteiger partial charge in [-0.15, -0.1) is 0 Å². The molecule has 0 heterocycles. The van der Waals surface area contributed by atoms with Crippen molar-refractivity contribution in [2.45, 2.75) is 18.8 Å². The summed E-state index contributed by atoms with van der Waals surface area (Å²) < 4.78 is 0. The van der Waals surface area contributed by atoms with Crippen LogP contribution < -0.4 is 0 Å². The molecule has 0 saturated carbocycles. The molecule has 0 saturated heterocycles. The molecule has 0 amide bonds. The van der Waals surface area contributed by atoms with Crippen LogP contribution in [-0.4, -0.2) is 16.9 Å². The maximum atomic E-state index is 12.0. The highest BCUT2D eigenvalue weighted by atomic mass is 16.4. The van der Waals surface area contributed by atoms with E-state index in [1.807, 2.05) is 36.4 Å². The smallest absolute Gasteiger partial charge is 0.311 e. The predicted octanol–water partition coefficient (Wildman–Crippen LogP) is 3.06. The number of hydrogen-bond donors (Lipinski definition) is 1. The monoisotopic (exact) mass is 268 g/mol. The Bertz CT molecular complexity index is 576. The van der Waals surface area contributed by atoms with Gasteiger partial charge in [0.1, 0.15) is 5.78 Å². The number of ketones is 1. The first-order chi connectivity index (χ1) is 9.66. The van der Waals surface area contributed by atoms with E-state index in [1.54, 1.807) is 24.3 Å². The van der Waals surface area contributed by atoms with Crippen LogP contribution in [0.4, 0.5) is 0 Å². The minimum Gasteiger partial charge on any atom is -0.481 e. The summed E-state index contributed by atoms with van der Waals surface area (Å²) in [6, 6.07) is 18.3. The van der Waals surface area contributed by atoms with Gasteiger partial charge in [-0.3, -0.25) is 9.59 Å². The van der Waals surface area contributed by atoms with Crippen molar-refractivity contribution in [3.63, 3.8) is 0 Å². The maximum absolute atomic E-state index is 12.0. The van der Waals surface area contributed by atoms with Gasteiger partial charge in [-0.05, 0) is 11.1 Å². The highest BCUT2D eigenvalue weighted by Crippen LogP contribution is 2.21. The van der Waals surface area contributed by atoms with Gasteiger partial charge in [-0.2, -0.15) is 0 Å². The van der Waals surface area contributed by atoms with Crippen molar-refractivity contribution in [3.05, 3.63) is 71.8 Å². The Morgan fingerprint density at radius 1 is 0.900 bits per heavy atom. The fourth-order valence-electron chi connectivity index (χ4n) is 2.16. The zero-order valence-corrected chi connectivity index (χ0v) is 11.0. The Kier molecular flexibility index (Phi) is 4.66. The van der Waals surface area contributed by atoms with Gasteiger partial charge in [-0.1, -0.05) is 60.7 Å². The zero-order chi connectivity index (χ0) is 14.4. The van der Waals surface area contributed by atoms with E-state index in [9.17, 15) is 14.7 Å². The molecule has 0 aromatic heterocycles. The third-order valence-electron chi connectivity index (χ3n) is 3.18. The number of carboxylic acid groups (broad SMARTS) is 1. The van der Waals surface area contributed by atoms with Crippen LogP contribution in [0, 0.1) is 0 Å². The fraction of sp³-hybridized carbons (Fsp3) is 0.176. The molecule has 0 radical (unpaired) electrons. The summed E-state index contributed by atoms with van der Waals surface area (Å²) in [5.41, 5.74) is 1.58. The van der Waals surface area contributed by atoms with Gasteiger partial charge in [0.2, 0.25) is 0 Å². The van der Waals surface area contributed by atoms with Crippen molar-refractivity contribution >= 4 is 11.8 Å². The largest absolute Gasteiger partial charge is 0.481 e. The number of Topliss-reactive ketones (excluding diaryl/α,β-unsaturated/α-hetero) is 1. The van der Waals surface area contributed by atoms with Crippen molar-refractivity contribution in [2.75, 3.05) is 0 Å². The molecule has 0 aliphatic carbocycles. The lowest BCUT2D eigenvalue weighted by atomic mass is 9.92. The summed E-state index contributed by atoms with van der Waals surface area (Å²) in [5.74, 6) is -1.79. The van der Waals surface area contributed by atoms with Gasteiger partial charge >= 0.3 is 5.97 Å². The van der Waals surface area contributed by atoms with Gasteiger partial charge in [0.05, 0.1) is 5.92 Å². The van der Waals surface area contributed by atoms with E-state index in [0.29, 0.717) is 5.56 Å². The van der Waals surface area contributed by atoms with E-state index in [0.717, 1.165) is 5.56 Å². The maximum Gasteiger partial charge on any atom is 0.311 e. The summed E-state index contributed by atoms with van der Waals surface area (Å²) in [4.78, 5) is 23.4. The van der Waals surface area contributed by atoms with Crippen LogP contribution in [0.15, 0.2) is 60.7 Å². The SMILES string of the molecule is O=C(Cc1ccccc1)CC(C(=O)O)c1ccccc1. The topological polar surface area (TPSA) is 54.4 Å². The molecule has 0 aliphatic rings. The van der Waals surface area contributed by atoms with Gasteiger partial charge < -0.3 is 5.11 Å². The molecular weight excluding hydrogens is 252 g/mol. The molecular formula is C17H16O3. The second-order valence-electron chi connectivity index (χ2n) is 4.71. The Morgan fingerprint density at radius 2 is 1.45 bits per heavy atom. The number of aliphatic carboxylic acids is 1. The van der Waals surface area contributed by atoms with E-state index >= 15 is 0 Å². The molecule has 20 heavy (non-hydrogen) atoms. The van der Waals surface area contributed by atoms with E-state index < -0.39 is 11.9 Å². The van der Waals surface area contributed by atoms with Crippen molar-refractivity contribution in [2.24, 2.45) is 0 Å². The quantitative estimate of drug-likeness (QED) is 0.876. The van der Waals surface area contributed by atoms with E-state index in [-0.39, 0.29) is 18.6 Å². The van der Waals surface area contributed by atoms with Crippen molar-refractivity contribution in [3.8, 4) is 0 Å². The molecule has 1 unspecified atom stereocenters. The number of benzene rings is 2. The minimum absolute atomic E-state index is 0.0221. The molecule has 0 spiro atoms. The summed E-state index contributed by atoms with van der Waals surface area (Å²) in [7, 11) is 0. The molecule has 102 valence electrons. The Balaban J connectivity index is 2.06. The zero-order valence-electron chi connectivity index (χ0n) is 11.0. The van der Waals surface area contributed by atoms with Crippen molar-refractivity contribution in [1.29, 1.82) is 0 Å². The number of rotatable bonds is 6. The number of carbonyl (C=O) groups is 2. The van der Waals surface area contributed by atoms with Crippen LogP contribution >= 0.6 is 0 Å². The van der Waals surface area contributed by atoms with Crippen LogP contribution in [-0.2, 0) is 16.0 Å². The third-order valence-corrected chi connectivity index (χ3v) is 3.18. The molecule has 2 aromatic carbocycles. The summed E-state index contributed by atoms with van der Waals surface area (Å²) in [5, 5.41) is 9.29. The van der Waals surface area contributed by atoms with Crippen LogP contribution in [0.5, 0.6) is 0 Å². The number of carbonyl (C=O) groups excluding carboxylic acids is 1. The average molecular weight is 268 g/mol. The highest BCUT2D eigenvalue weighted by Gasteiger charge is 2.22. The van der Waals surface area contributed by atoms with E-state index in [2.05, 4.69) is 0 Å². The number of hydrogen-bond acceptors (Lipinski definition) is 2. The first kappa shape index (κ1) is 14.0. The second-order valence-corrected chi connectivity index (χ2v) is 4.71. The molecule has 1 atom stereocenters. The highest BCUT2D eigenvalue weighted by molar-refractivity contribution is 5.88. The van der Waals surface area contributed by atoms with Crippen LogP contribution in [0.25, 0.3) is 0 Å². The fourth-order valence-corrected chi connectivity index (χ4v) is 2.16. The lowest BCUT2D eigenvalue weighted by Crippen LogP contribution is -2.17. The van der Waals surface area contributed by atoms with Crippen LogP contribution in [0.1, 0.15) is 23.5 Å². The minimum atomic E-state index is -0.961. The van der Waals surface area contributed by atoms with Crippen molar-refractivity contribution in [1.82, 2.24) is 0 Å². The van der Waals surface area contributed by atoms with E-state index in [4.69, 9.17) is 0 Å². The predicted molar refractivity (Wildman–Crippen MR) is 76.6 cm³/mol. The Morgan fingerprint density at radius 3 is 2.00 bits per heavy atom. The van der Waals surface area contributed by atoms with Crippen molar-refractivity contribution < 1.29 is 14.7 Å². The number of carboxylic acids is 1. The lowest BCUT2D eigenvalue weighted by Gasteiger charge is -2.12. The standard InChI is InChI=1S/C17H16O3/c18-15(11-13-7-3-1-4-8-13)12-16(17(19)20)14-9-5-2-6-10-14/h1-10,16H,11-12H2,(H,19,20). The molecule has 3 nitrogen and oxygen atoms in total. The Labute approximate surface area is 117 Å². The van der Waals surface area contributed by atoms with E-state index in [1.165, 1.54) is 0 Å². The van der Waals surface area contributed by atoms with Gasteiger partial charge in [-0.25, -0.2) is 0 Å². The van der Waals surface area contributed by atoms with Gasteiger partial charge in [0, 0.05) is 12.8 Å². The molecule has 2 aromatic rings. The Hall–Kier alpha value is -2.42. The molecule has 1 N–H and O–H groups in total. The van der Waals surface area contributed by atoms with Crippen LogP contribution in [0.3, 0.4) is 0 Å². The normalized spacial score (nSPS) is 11.8. The van der Waals surface area contributed by atoms with Crippen LogP contribution in [0.2, 0.25) is 0 Å². The molecule has 0 fully saturated rings. The molecule has 2 rings (SSSR count). The molecule has 0 bridgehead atoms. The van der Waals surface area contributed by atoms with Gasteiger partial charge in [0.15, 0.2) is 0 Å². The summed E-state index contributed by atoms with van der Waals surface area (Å²) in [6.45, 7) is 0.